The van der Waals surface area contributed by atoms with E-state index in [9.17, 15) is 0 Å². The molecule has 0 aromatic carbocycles. The van der Waals surface area contributed by atoms with Crippen molar-refractivity contribution in [1.29, 1.82) is 0 Å². The van der Waals surface area contributed by atoms with Crippen LogP contribution in [0.5, 0.6) is 6.01 Å². The Labute approximate surface area is 101 Å². The summed E-state index contributed by atoms with van der Waals surface area (Å²) in [6.07, 6.45) is 6.32. The van der Waals surface area contributed by atoms with Gasteiger partial charge in [0.1, 0.15) is 6.10 Å². The summed E-state index contributed by atoms with van der Waals surface area (Å²) in [5.41, 5.74) is 6.33. The highest BCUT2D eigenvalue weighted by Gasteiger charge is 2.23. The summed E-state index contributed by atoms with van der Waals surface area (Å²) < 4.78 is 11.1. The third kappa shape index (κ3) is 3.38. The van der Waals surface area contributed by atoms with E-state index in [1.54, 1.807) is 19.4 Å². The van der Waals surface area contributed by atoms with Crippen LogP contribution in [0.4, 0.5) is 0 Å². The van der Waals surface area contributed by atoms with Crippen LogP contribution in [0, 0.1) is 0 Å². The molecule has 1 aliphatic carbocycles. The first kappa shape index (κ1) is 12.3. The molecule has 2 unspecified atom stereocenters. The lowest BCUT2D eigenvalue weighted by Crippen LogP contribution is -2.30. The molecule has 0 radical (unpaired) electrons. The first-order valence-corrected chi connectivity index (χ1v) is 6.03. The standard InChI is InChI=1S/C12H19N3O2/c1-16-10-3-2-4-11(7-10)17-12-14-6-5-9(8-13)15-12/h5-6,10-11H,2-4,7-8,13H2,1H3. The van der Waals surface area contributed by atoms with Gasteiger partial charge in [0.2, 0.25) is 0 Å². The molecule has 2 atom stereocenters. The summed E-state index contributed by atoms with van der Waals surface area (Å²) in [5, 5.41) is 0. The van der Waals surface area contributed by atoms with Gasteiger partial charge in [-0.2, -0.15) is 4.98 Å². The fourth-order valence-corrected chi connectivity index (χ4v) is 2.12. The summed E-state index contributed by atoms with van der Waals surface area (Å²) in [7, 11) is 1.75. The summed E-state index contributed by atoms with van der Waals surface area (Å²) >= 11 is 0. The largest absolute Gasteiger partial charge is 0.460 e. The molecule has 0 spiro atoms. The fourth-order valence-electron chi connectivity index (χ4n) is 2.12. The van der Waals surface area contributed by atoms with Gasteiger partial charge in [0.15, 0.2) is 0 Å². The predicted molar refractivity (Wildman–Crippen MR) is 63.6 cm³/mol. The van der Waals surface area contributed by atoms with Gasteiger partial charge in [-0.3, -0.25) is 0 Å². The molecule has 0 aliphatic heterocycles. The van der Waals surface area contributed by atoms with Crippen LogP contribution < -0.4 is 10.5 Å². The van der Waals surface area contributed by atoms with Crippen molar-refractivity contribution in [3.05, 3.63) is 18.0 Å². The Bertz CT molecular complexity index is 359. The van der Waals surface area contributed by atoms with Crippen LogP contribution in [0.2, 0.25) is 0 Å². The van der Waals surface area contributed by atoms with Crippen LogP contribution >= 0.6 is 0 Å². The van der Waals surface area contributed by atoms with Gasteiger partial charge >= 0.3 is 6.01 Å². The van der Waals surface area contributed by atoms with E-state index in [4.69, 9.17) is 15.2 Å². The Balaban J connectivity index is 1.95. The molecule has 17 heavy (non-hydrogen) atoms. The molecule has 0 bridgehead atoms. The Morgan fingerprint density at radius 2 is 2.24 bits per heavy atom. The molecule has 94 valence electrons. The van der Waals surface area contributed by atoms with Crippen molar-refractivity contribution in [2.24, 2.45) is 5.73 Å². The monoisotopic (exact) mass is 237 g/mol. The first-order chi connectivity index (χ1) is 8.31. The van der Waals surface area contributed by atoms with Crippen LogP contribution in [-0.4, -0.2) is 29.3 Å². The lowest BCUT2D eigenvalue weighted by atomic mass is 9.95. The number of hydrogen-bond acceptors (Lipinski definition) is 5. The van der Waals surface area contributed by atoms with Crippen molar-refractivity contribution in [1.82, 2.24) is 9.97 Å². The van der Waals surface area contributed by atoms with E-state index in [-0.39, 0.29) is 6.10 Å². The van der Waals surface area contributed by atoms with Crippen molar-refractivity contribution < 1.29 is 9.47 Å². The second-order valence-electron chi connectivity index (χ2n) is 4.30. The third-order valence-electron chi connectivity index (χ3n) is 3.08. The van der Waals surface area contributed by atoms with Crippen molar-refractivity contribution in [3.8, 4) is 6.01 Å². The molecular formula is C12H19N3O2. The molecule has 1 aromatic rings. The zero-order valence-corrected chi connectivity index (χ0v) is 10.1. The molecular weight excluding hydrogens is 218 g/mol. The number of ether oxygens (including phenoxy) is 2. The van der Waals surface area contributed by atoms with E-state index >= 15 is 0 Å². The number of nitrogens with zero attached hydrogens (tertiary/aromatic N) is 2. The fraction of sp³-hybridized carbons (Fsp3) is 0.667. The SMILES string of the molecule is COC1CCCC(Oc2nccc(CN)n2)C1. The summed E-state index contributed by atoms with van der Waals surface area (Å²) in [4.78, 5) is 8.34. The average molecular weight is 237 g/mol. The van der Waals surface area contributed by atoms with Gasteiger partial charge in [-0.25, -0.2) is 4.98 Å². The Morgan fingerprint density at radius 3 is 3.00 bits per heavy atom. The summed E-state index contributed by atoms with van der Waals surface area (Å²) in [6, 6.07) is 2.22. The predicted octanol–water partition coefficient (Wildman–Crippen LogP) is 1.27. The Hall–Kier alpha value is -1.20. The van der Waals surface area contributed by atoms with Crippen LogP contribution in [0.1, 0.15) is 31.4 Å². The van der Waals surface area contributed by atoms with Gasteiger partial charge in [0.25, 0.3) is 0 Å². The molecule has 1 saturated carbocycles. The molecule has 1 aliphatic rings. The number of methoxy groups -OCH3 is 1. The van der Waals surface area contributed by atoms with E-state index < -0.39 is 0 Å². The molecule has 5 nitrogen and oxygen atoms in total. The normalized spacial score (nSPS) is 24.6. The van der Waals surface area contributed by atoms with Crippen molar-refractivity contribution >= 4 is 0 Å². The Kier molecular flexibility index (Phi) is 4.28. The van der Waals surface area contributed by atoms with Gasteiger partial charge in [0.05, 0.1) is 11.8 Å². The van der Waals surface area contributed by atoms with Gasteiger partial charge < -0.3 is 15.2 Å². The maximum atomic E-state index is 5.77. The number of hydrogen-bond donors (Lipinski definition) is 1. The third-order valence-corrected chi connectivity index (χ3v) is 3.08. The molecule has 0 amide bonds. The lowest BCUT2D eigenvalue weighted by Gasteiger charge is -2.27. The number of nitrogens with two attached hydrogens (primary N) is 1. The van der Waals surface area contributed by atoms with Gasteiger partial charge in [-0.05, 0) is 25.3 Å². The molecule has 5 heteroatoms. The first-order valence-electron chi connectivity index (χ1n) is 6.03. The molecule has 1 heterocycles. The summed E-state index contributed by atoms with van der Waals surface area (Å²) in [6.45, 7) is 0.407. The van der Waals surface area contributed by atoms with Crippen LogP contribution in [0.15, 0.2) is 12.3 Å². The van der Waals surface area contributed by atoms with E-state index in [1.165, 1.54) is 0 Å². The van der Waals surface area contributed by atoms with Crippen LogP contribution in [0.25, 0.3) is 0 Å². The average Bonchev–Trinajstić information content (AvgIpc) is 2.39. The minimum absolute atomic E-state index is 0.154. The topological polar surface area (TPSA) is 70.3 Å². The number of rotatable bonds is 4. The van der Waals surface area contributed by atoms with E-state index in [2.05, 4.69) is 9.97 Å². The second kappa shape index (κ2) is 5.93. The highest BCUT2D eigenvalue weighted by atomic mass is 16.5. The second-order valence-corrected chi connectivity index (χ2v) is 4.30. The lowest BCUT2D eigenvalue weighted by molar-refractivity contribution is 0.0178. The van der Waals surface area contributed by atoms with Crippen LogP contribution in [-0.2, 0) is 11.3 Å². The van der Waals surface area contributed by atoms with Crippen molar-refractivity contribution in [3.63, 3.8) is 0 Å². The zero-order valence-electron chi connectivity index (χ0n) is 10.1. The van der Waals surface area contributed by atoms with E-state index in [0.29, 0.717) is 18.7 Å². The van der Waals surface area contributed by atoms with E-state index in [1.807, 2.05) is 0 Å². The molecule has 2 N–H and O–H groups in total. The maximum Gasteiger partial charge on any atom is 0.316 e. The highest BCUT2D eigenvalue weighted by molar-refractivity contribution is 5.05. The minimum Gasteiger partial charge on any atom is -0.460 e. The van der Waals surface area contributed by atoms with Crippen molar-refractivity contribution in [2.75, 3.05) is 7.11 Å². The molecule has 2 rings (SSSR count). The number of aromatic nitrogens is 2. The molecule has 1 aromatic heterocycles. The van der Waals surface area contributed by atoms with E-state index in [0.717, 1.165) is 31.4 Å². The summed E-state index contributed by atoms with van der Waals surface area (Å²) in [5.74, 6) is 0. The quantitative estimate of drug-likeness (QED) is 0.854. The van der Waals surface area contributed by atoms with Gasteiger partial charge in [-0.15, -0.1) is 0 Å². The van der Waals surface area contributed by atoms with Gasteiger partial charge in [0, 0.05) is 26.3 Å². The zero-order chi connectivity index (χ0) is 12.1. The highest BCUT2D eigenvalue weighted by Crippen LogP contribution is 2.23. The maximum absolute atomic E-state index is 5.77. The smallest absolute Gasteiger partial charge is 0.316 e. The van der Waals surface area contributed by atoms with Gasteiger partial charge in [-0.1, -0.05) is 0 Å². The molecule has 0 saturated heterocycles. The minimum atomic E-state index is 0.154. The molecule has 1 fully saturated rings. The Morgan fingerprint density at radius 1 is 1.41 bits per heavy atom. The van der Waals surface area contributed by atoms with Crippen LogP contribution in [0.3, 0.4) is 0 Å². The van der Waals surface area contributed by atoms with Crippen molar-refractivity contribution in [2.45, 2.75) is 44.4 Å².